The molecule has 6 heteroatoms. The minimum absolute atomic E-state index is 0.0278. The average Bonchev–Trinajstić information content (AvgIpc) is 3.13. The Hall–Kier alpha value is -1.79. The van der Waals surface area contributed by atoms with Gasteiger partial charge < -0.3 is 24.8 Å². The van der Waals surface area contributed by atoms with E-state index in [0.29, 0.717) is 30.4 Å². The molecule has 2 unspecified atom stereocenters. The summed E-state index contributed by atoms with van der Waals surface area (Å²) >= 11 is 0. The van der Waals surface area contributed by atoms with E-state index >= 15 is 0 Å². The molecule has 1 saturated heterocycles. The molecule has 2 heterocycles. The van der Waals surface area contributed by atoms with Gasteiger partial charge in [0.15, 0.2) is 11.5 Å². The fourth-order valence-electron chi connectivity index (χ4n) is 2.55. The van der Waals surface area contributed by atoms with Gasteiger partial charge in [0.1, 0.15) is 0 Å². The maximum atomic E-state index is 12.4. The van der Waals surface area contributed by atoms with Crippen molar-refractivity contribution in [1.82, 2.24) is 5.32 Å². The lowest BCUT2D eigenvalue weighted by atomic mass is 10.0. The molecular weight excluding hydrogens is 272 g/mol. The number of amides is 1. The van der Waals surface area contributed by atoms with Crippen molar-refractivity contribution in [2.24, 2.45) is 5.92 Å². The van der Waals surface area contributed by atoms with Gasteiger partial charge in [-0.25, -0.2) is 0 Å². The van der Waals surface area contributed by atoms with Crippen molar-refractivity contribution in [3.8, 4) is 11.5 Å². The number of benzene rings is 1. The standard InChI is InChI=1S/C15H20N2O4/c1-2-5-16-12-8-19-7-11(12)15(18)17-10-3-4-13-14(6-10)21-9-20-13/h3-4,6,11-12,16H,2,5,7-9H2,1H3,(H,17,18). The van der Waals surface area contributed by atoms with Crippen LogP contribution >= 0.6 is 0 Å². The number of hydrogen-bond acceptors (Lipinski definition) is 5. The molecule has 2 atom stereocenters. The molecule has 6 nitrogen and oxygen atoms in total. The quantitative estimate of drug-likeness (QED) is 0.858. The number of rotatable bonds is 5. The Bertz CT molecular complexity index is 520. The van der Waals surface area contributed by atoms with E-state index in [1.807, 2.05) is 6.07 Å². The Morgan fingerprint density at radius 3 is 3.00 bits per heavy atom. The van der Waals surface area contributed by atoms with Gasteiger partial charge in [-0.2, -0.15) is 0 Å². The Labute approximate surface area is 123 Å². The molecule has 1 aromatic carbocycles. The highest BCUT2D eigenvalue weighted by Crippen LogP contribution is 2.34. The van der Waals surface area contributed by atoms with E-state index in [9.17, 15) is 4.79 Å². The normalized spacial score (nSPS) is 23.3. The molecule has 0 bridgehead atoms. The predicted molar refractivity (Wildman–Crippen MR) is 77.6 cm³/mol. The van der Waals surface area contributed by atoms with Crippen LogP contribution in [0, 0.1) is 5.92 Å². The molecular formula is C15H20N2O4. The average molecular weight is 292 g/mol. The number of hydrogen-bond donors (Lipinski definition) is 2. The van der Waals surface area contributed by atoms with Crippen molar-refractivity contribution in [3.05, 3.63) is 18.2 Å². The summed E-state index contributed by atoms with van der Waals surface area (Å²) < 4.78 is 16.0. The van der Waals surface area contributed by atoms with Crippen LogP contribution in [0.3, 0.4) is 0 Å². The molecule has 2 N–H and O–H groups in total. The Morgan fingerprint density at radius 2 is 2.14 bits per heavy atom. The third-order valence-electron chi connectivity index (χ3n) is 3.71. The first-order valence-corrected chi connectivity index (χ1v) is 7.29. The third kappa shape index (κ3) is 3.11. The number of carbonyl (C=O) groups is 1. The Balaban J connectivity index is 1.63. The van der Waals surface area contributed by atoms with Gasteiger partial charge in [-0.3, -0.25) is 4.79 Å². The highest BCUT2D eigenvalue weighted by atomic mass is 16.7. The Morgan fingerprint density at radius 1 is 1.29 bits per heavy atom. The molecule has 0 spiro atoms. The van der Waals surface area contributed by atoms with Crippen LogP contribution in [0.15, 0.2) is 18.2 Å². The summed E-state index contributed by atoms with van der Waals surface area (Å²) in [5, 5.41) is 6.28. The number of carbonyl (C=O) groups excluding carboxylic acids is 1. The van der Waals surface area contributed by atoms with Gasteiger partial charge in [0.2, 0.25) is 12.7 Å². The van der Waals surface area contributed by atoms with Gasteiger partial charge >= 0.3 is 0 Å². The van der Waals surface area contributed by atoms with Crippen molar-refractivity contribution in [1.29, 1.82) is 0 Å². The molecule has 1 fully saturated rings. The van der Waals surface area contributed by atoms with Crippen molar-refractivity contribution in [3.63, 3.8) is 0 Å². The van der Waals surface area contributed by atoms with E-state index in [1.54, 1.807) is 12.1 Å². The van der Waals surface area contributed by atoms with E-state index in [1.165, 1.54) is 0 Å². The second-order valence-corrected chi connectivity index (χ2v) is 5.26. The van der Waals surface area contributed by atoms with Crippen LogP contribution < -0.4 is 20.1 Å². The number of ether oxygens (including phenoxy) is 3. The minimum Gasteiger partial charge on any atom is -0.454 e. The maximum absolute atomic E-state index is 12.4. The van der Waals surface area contributed by atoms with Crippen molar-refractivity contribution < 1.29 is 19.0 Å². The van der Waals surface area contributed by atoms with Gasteiger partial charge in [0.25, 0.3) is 0 Å². The lowest BCUT2D eigenvalue weighted by Crippen LogP contribution is -2.41. The van der Waals surface area contributed by atoms with Crippen LogP contribution in [0.1, 0.15) is 13.3 Å². The summed E-state index contributed by atoms with van der Waals surface area (Å²) in [4.78, 5) is 12.4. The molecule has 114 valence electrons. The SMILES string of the molecule is CCCNC1COCC1C(=O)Nc1ccc2c(c1)OCO2. The van der Waals surface area contributed by atoms with Gasteiger partial charge in [0.05, 0.1) is 19.1 Å². The molecule has 2 aliphatic heterocycles. The monoisotopic (exact) mass is 292 g/mol. The van der Waals surface area contributed by atoms with Crippen LogP contribution in [0.25, 0.3) is 0 Å². The van der Waals surface area contributed by atoms with E-state index < -0.39 is 0 Å². The minimum atomic E-state index is -0.165. The molecule has 3 rings (SSSR count). The molecule has 1 aromatic rings. The van der Waals surface area contributed by atoms with Crippen LogP contribution in [0.4, 0.5) is 5.69 Å². The predicted octanol–water partition coefficient (Wildman–Crippen LogP) is 1.37. The van der Waals surface area contributed by atoms with Crippen molar-refractivity contribution in [2.75, 3.05) is 31.9 Å². The van der Waals surface area contributed by atoms with Gasteiger partial charge in [-0.15, -0.1) is 0 Å². The van der Waals surface area contributed by atoms with Gasteiger partial charge in [-0.05, 0) is 25.1 Å². The van der Waals surface area contributed by atoms with Gasteiger partial charge in [-0.1, -0.05) is 6.92 Å². The smallest absolute Gasteiger partial charge is 0.231 e. The summed E-state index contributed by atoms with van der Waals surface area (Å²) in [5.74, 6) is 1.18. The zero-order chi connectivity index (χ0) is 14.7. The van der Waals surface area contributed by atoms with Crippen LogP contribution in [-0.2, 0) is 9.53 Å². The fraction of sp³-hybridized carbons (Fsp3) is 0.533. The van der Waals surface area contributed by atoms with Crippen LogP contribution in [-0.4, -0.2) is 38.5 Å². The molecule has 0 aromatic heterocycles. The molecule has 0 aliphatic carbocycles. The first-order chi connectivity index (χ1) is 10.3. The fourth-order valence-corrected chi connectivity index (χ4v) is 2.55. The van der Waals surface area contributed by atoms with Crippen LogP contribution in [0.5, 0.6) is 11.5 Å². The highest BCUT2D eigenvalue weighted by molar-refractivity contribution is 5.93. The summed E-state index contributed by atoms with van der Waals surface area (Å²) in [6, 6.07) is 5.48. The van der Waals surface area contributed by atoms with Crippen molar-refractivity contribution in [2.45, 2.75) is 19.4 Å². The van der Waals surface area contributed by atoms with E-state index in [0.717, 1.165) is 13.0 Å². The molecule has 0 saturated carbocycles. The van der Waals surface area contributed by atoms with E-state index in [2.05, 4.69) is 17.6 Å². The molecule has 21 heavy (non-hydrogen) atoms. The summed E-state index contributed by atoms with van der Waals surface area (Å²) in [6.45, 7) is 4.26. The van der Waals surface area contributed by atoms with E-state index in [4.69, 9.17) is 14.2 Å². The zero-order valence-corrected chi connectivity index (χ0v) is 12.1. The maximum Gasteiger partial charge on any atom is 0.231 e. The summed E-state index contributed by atoms with van der Waals surface area (Å²) in [6.07, 6.45) is 1.03. The summed E-state index contributed by atoms with van der Waals surface area (Å²) in [7, 11) is 0. The van der Waals surface area contributed by atoms with Crippen LogP contribution in [0.2, 0.25) is 0 Å². The topological polar surface area (TPSA) is 68.8 Å². The molecule has 0 radical (unpaired) electrons. The first kappa shape index (κ1) is 14.2. The zero-order valence-electron chi connectivity index (χ0n) is 12.1. The highest BCUT2D eigenvalue weighted by Gasteiger charge is 2.33. The van der Waals surface area contributed by atoms with Gasteiger partial charge in [0, 0.05) is 17.8 Å². The number of nitrogens with one attached hydrogen (secondary N) is 2. The Kier molecular flexibility index (Phi) is 4.26. The first-order valence-electron chi connectivity index (χ1n) is 7.29. The van der Waals surface area contributed by atoms with Crippen molar-refractivity contribution >= 4 is 11.6 Å². The number of anilines is 1. The second-order valence-electron chi connectivity index (χ2n) is 5.26. The molecule has 2 aliphatic rings. The number of fused-ring (bicyclic) bond motifs is 1. The lowest BCUT2D eigenvalue weighted by molar-refractivity contribution is -0.120. The second kappa shape index (κ2) is 6.32. The third-order valence-corrected chi connectivity index (χ3v) is 3.71. The lowest BCUT2D eigenvalue weighted by Gasteiger charge is -2.18. The largest absolute Gasteiger partial charge is 0.454 e. The summed E-state index contributed by atoms with van der Waals surface area (Å²) in [5.41, 5.74) is 0.713. The van der Waals surface area contributed by atoms with E-state index in [-0.39, 0.29) is 24.7 Å². The molecule has 1 amide bonds.